The molecule has 0 aliphatic heterocycles. The SMILES string of the molecule is COc1ccc(-c2cnc(-c3cc(O)c(O)c(Br)c3)o2)cc1Br. The Morgan fingerprint density at radius 2 is 1.78 bits per heavy atom. The van der Waals surface area contributed by atoms with Crippen LogP contribution in [-0.2, 0) is 0 Å². The van der Waals surface area contributed by atoms with Crippen molar-refractivity contribution in [1.82, 2.24) is 4.98 Å². The average Bonchev–Trinajstić information content (AvgIpc) is 3.02. The lowest BCUT2D eigenvalue weighted by Crippen LogP contribution is -1.84. The summed E-state index contributed by atoms with van der Waals surface area (Å²) in [4.78, 5) is 4.22. The van der Waals surface area contributed by atoms with Crippen molar-refractivity contribution in [2.24, 2.45) is 0 Å². The van der Waals surface area contributed by atoms with Crippen LogP contribution in [-0.4, -0.2) is 22.3 Å². The first-order valence-electron chi connectivity index (χ1n) is 6.51. The van der Waals surface area contributed by atoms with Crippen LogP contribution < -0.4 is 4.74 Å². The molecule has 1 heterocycles. The van der Waals surface area contributed by atoms with Crippen molar-refractivity contribution in [3.8, 4) is 40.0 Å². The van der Waals surface area contributed by atoms with Gasteiger partial charge in [0.1, 0.15) is 5.75 Å². The number of phenolic OH excluding ortho intramolecular Hbond substituents is 2. The highest BCUT2D eigenvalue weighted by Crippen LogP contribution is 2.38. The molecule has 0 radical (unpaired) electrons. The van der Waals surface area contributed by atoms with E-state index in [1.165, 1.54) is 6.07 Å². The van der Waals surface area contributed by atoms with Crippen molar-refractivity contribution in [3.05, 3.63) is 45.5 Å². The van der Waals surface area contributed by atoms with E-state index >= 15 is 0 Å². The molecule has 1 aromatic heterocycles. The first-order chi connectivity index (χ1) is 11.0. The summed E-state index contributed by atoms with van der Waals surface area (Å²) in [7, 11) is 1.60. The molecule has 3 rings (SSSR count). The molecule has 0 spiro atoms. The van der Waals surface area contributed by atoms with Crippen LogP contribution in [0, 0.1) is 0 Å². The van der Waals surface area contributed by atoms with E-state index in [-0.39, 0.29) is 11.5 Å². The van der Waals surface area contributed by atoms with E-state index < -0.39 is 0 Å². The summed E-state index contributed by atoms with van der Waals surface area (Å²) in [6, 6.07) is 8.56. The van der Waals surface area contributed by atoms with Gasteiger partial charge in [0, 0.05) is 11.1 Å². The van der Waals surface area contributed by atoms with Gasteiger partial charge in [-0.3, -0.25) is 0 Å². The highest BCUT2D eigenvalue weighted by atomic mass is 79.9. The fourth-order valence-electron chi connectivity index (χ4n) is 2.07. The number of aromatic nitrogens is 1. The van der Waals surface area contributed by atoms with E-state index in [1.54, 1.807) is 19.4 Å². The third-order valence-electron chi connectivity index (χ3n) is 3.23. The minimum atomic E-state index is -0.249. The molecule has 118 valence electrons. The Kier molecular flexibility index (Phi) is 4.32. The van der Waals surface area contributed by atoms with Gasteiger partial charge >= 0.3 is 0 Å². The van der Waals surface area contributed by atoms with Crippen molar-refractivity contribution in [2.75, 3.05) is 7.11 Å². The molecular formula is C16H11Br2NO4. The van der Waals surface area contributed by atoms with E-state index in [2.05, 4.69) is 36.8 Å². The van der Waals surface area contributed by atoms with E-state index in [9.17, 15) is 10.2 Å². The minimum Gasteiger partial charge on any atom is -0.504 e. The standard InChI is InChI=1S/C16H11Br2NO4/c1-22-13-3-2-8(4-10(13)17)14-7-19-16(23-14)9-5-11(18)15(21)12(20)6-9/h2-7,20-21H,1H3. The largest absolute Gasteiger partial charge is 0.504 e. The summed E-state index contributed by atoms with van der Waals surface area (Å²) < 4.78 is 12.1. The summed E-state index contributed by atoms with van der Waals surface area (Å²) in [5, 5.41) is 19.3. The predicted octanol–water partition coefficient (Wildman–Crippen LogP) is 4.95. The fraction of sp³-hybridized carbons (Fsp3) is 0.0625. The van der Waals surface area contributed by atoms with Gasteiger partial charge in [0.25, 0.3) is 0 Å². The van der Waals surface area contributed by atoms with Crippen LogP contribution >= 0.6 is 31.9 Å². The first-order valence-corrected chi connectivity index (χ1v) is 8.10. The Morgan fingerprint density at radius 3 is 2.43 bits per heavy atom. The number of oxazole rings is 1. The lowest BCUT2D eigenvalue weighted by atomic mass is 10.2. The summed E-state index contributed by atoms with van der Waals surface area (Å²) in [6.07, 6.45) is 1.60. The molecule has 7 heteroatoms. The number of rotatable bonds is 3. The predicted molar refractivity (Wildman–Crippen MR) is 92.7 cm³/mol. The second-order valence-corrected chi connectivity index (χ2v) is 6.41. The van der Waals surface area contributed by atoms with Gasteiger partial charge in [0.2, 0.25) is 5.89 Å². The molecule has 0 amide bonds. The maximum absolute atomic E-state index is 9.69. The van der Waals surface area contributed by atoms with Crippen LogP contribution in [0.25, 0.3) is 22.8 Å². The van der Waals surface area contributed by atoms with Crippen molar-refractivity contribution in [2.45, 2.75) is 0 Å². The molecule has 0 unspecified atom stereocenters. The van der Waals surface area contributed by atoms with E-state index in [4.69, 9.17) is 9.15 Å². The molecule has 2 N–H and O–H groups in total. The molecule has 3 aromatic rings. The van der Waals surface area contributed by atoms with Gasteiger partial charge in [-0.1, -0.05) is 0 Å². The monoisotopic (exact) mass is 439 g/mol. The van der Waals surface area contributed by atoms with Crippen LogP contribution in [0.3, 0.4) is 0 Å². The number of hydrogen-bond donors (Lipinski definition) is 2. The fourth-order valence-corrected chi connectivity index (χ4v) is 3.06. The maximum atomic E-state index is 9.69. The Hall–Kier alpha value is -1.99. The average molecular weight is 441 g/mol. The van der Waals surface area contributed by atoms with Crippen LogP contribution in [0.2, 0.25) is 0 Å². The highest BCUT2D eigenvalue weighted by Gasteiger charge is 2.14. The van der Waals surface area contributed by atoms with Crippen LogP contribution in [0.4, 0.5) is 0 Å². The highest BCUT2D eigenvalue weighted by molar-refractivity contribution is 9.10. The number of halogens is 2. The Bertz CT molecular complexity index is 853. The molecule has 0 saturated carbocycles. The molecule has 0 fully saturated rings. The van der Waals surface area contributed by atoms with Gasteiger partial charge in [0.15, 0.2) is 17.3 Å². The van der Waals surface area contributed by atoms with Gasteiger partial charge in [-0.25, -0.2) is 4.98 Å². The quantitative estimate of drug-likeness (QED) is 0.563. The molecule has 2 aromatic carbocycles. The van der Waals surface area contributed by atoms with Gasteiger partial charge < -0.3 is 19.4 Å². The maximum Gasteiger partial charge on any atom is 0.226 e. The summed E-state index contributed by atoms with van der Waals surface area (Å²) >= 11 is 6.60. The first kappa shape index (κ1) is 15.9. The number of hydrogen-bond acceptors (Lipinski definition) is 5. The zero-order valence-electron chi connectivity index (χ0n) is 11.9. The van der Waals surface area contributed by atoms with Gasteiger partial charge in [0.05, 0.1) is 22.3 Å². The third-order valence-corrected chi connectivity index (χ3v) is 4.46. The molecule has 0 aliphatic rings. The second kappa shape index (κ2) is 6.25. The number of nitrogens with zero attached hydrogens (tertiary/aromatic N) is 1. The molecule has 0 aliphatic carbocycles. The van der Waals surface area contributed by atoms with Crippen molar-refractivity contribution < 1.29 is 19.4 Å². The lowest BCUT2D eigenvalue weighted by Gasteiger charge is -2.04. The van der Waals surface area contributed by atoms with Crippen molar-refractivity contribution in [1.29, 1.82) is 0 Å². The lowest BCUT2D eigenvalue weighted by molar-refractivity contribution is 0.401. The minimum absolute atomic E-state index is 0.223. The van der Waals surface area contributed by atoms with E-state index in [0.29, 0.717) is 21.7 Å². The summed E-state index contributed by atoms with van der Waals surface area (Å²) in [5.41, 5.74) is 1.38. The Labute approximate surface area is 148 Å². The topological polar surface area (TPSA) is 75.7 Å². The number of methoxy groups -OCH3 is 1. The van der Waals surface area contributed by atoms with Gasteiger partial charge in [-0.05, 0) is 62.2 Å². The molecule has 0 saturated heterocycles. The number of aromatic hydroxyl groups is 2. The normalized spacial score (nSPS) is 10.7. The van der Waals surface area contributed by atoms with E-state index in [1.807, 2.05) is 18.2 Å². The number of phenols is 2. The zero-order valence-corrected chi connectivity index (χ0v) is 15.1. The van der Waals surface area contributed by atoms with Crippen LogP contribution in [0.15, 0.2) is 49.9 Å². The molecule has 5 nitrogen and oxygen atoms in total. The van der Waals surface area contributed by atoms with E-state index in [0.717, 1.165) is 15.8 Å². The zero-order chi connectivity index (χ0) is 16.6. The molecule has 0 atom stereocenters. The van der Waals surface area contributed by atoms with Crippen molar-refractivity contribution >= 4 is 31.9 Å². The number of benzene rings is 2. The van der Waals surface area contributed by atoms with Crippen LogP contribution in [0.1, 0.15) is 0 Å². The molecule has 0 bridgehead atoms. The van der Waals surface area contributed by atoms with Gasteiger partial charge in [-0.2, -0.15) is 0 Å². The number of ether oxygens (including phenoxy) is 1. The Balaban J connectivity index is 1.99. The molecular weight excluding hydrogens is 430 g/mol. The third kappa shape index (κ3) is 3.07. The van der Waals surface area contributed by atoms with Crippen LogP contribution in [0.5, 0.6) is 17.2 Å². The summed E-state index contributed by atoms with van der Waals surface area (Å²) in [5.74, 6) is 1.16. The summed E-state index contributed by atoms with van der Waals surface area (Å²) in [6.45, 7) is 0. The second-order valence-electron chi connectivity index (χ2n) is 4.70. The molecule has 23 heavy (non-hydrogen) atoms. The smallest absolute Gasteiger partial charge is 0.226 e. The van der Waals surface area contributed by atoms with Crippen molar-refractivity contribution in [3.63, 3.8) is 0 Å². The van der Waals surface area contributed by atoms with Gasteiger partial charge in [-0.15, -0.1) is 0 Å². The Morgan fingerprint density at radius 1 is 1.04 bits per heavy atom.